The molecule has 15 nitrogen and oxygen atoms in total. The molecule has 0 radical (unpaired) electrons. The van der Waals surface area contributed by atoms with Gasteiger partial charge < -0.3 is 44.4 Å². The number of aliphatic hydroxyl groups is 2. The quantitative estimate of drug-likeness (QED) is 0.0475. The number of amides is 3. The minimum Gasteiger partial charge on any atom is -0.493 e. The molecule has 0 spiro atoms. The van der Waals surface area contributed by atoms with Crippen LogP contribution in [0.2, 0.25) is 0 Å². The minimum absolute atomic E-state index is 0.00461. The molecule has 4 saturated heterocycles. The maximum atomic E-state index is 13.2. The molecule has 8 unspecified atom stereocenters. The second-order valence-electron chi connectivity index (χ2n) is 22.1. The molecular formula is C65H74F4N4O11S. The van der Waals surface area contributed by atoms with Gasteiger partial charge in [-0.2, -0.15) is 8.42 Å². The van der Waals surface area contributed by atoms with Gasteiger partial charge in [-0.05, 0) is 158 Å². The van der Waals surface area contributed by atoms with Crippen molar-refractivity contribution in [1.29, 1.82) is 0 Å². The zero-order valence-electron chi connectivity index (χ0n) is 47.5. The third-order valence-electron chi connectivity index (χ3n) is 16.6. The van der Waals surface area contributed by atoms with Gasteiger partial charge in [0, 0.05) is 88.8 Å². The Kier molecular flexibility index (Phi) is 23.3. The third-order valence-corrected chi connectivity index (χ3v) is 17.9. The number of nitrogens with zero attached hydrogens (tertiary/aromatic N) is 3. The lowest BCUT2D eigenvalue weighted by Gasteiger charge is -2.37. The number of hydrogen-bond acceptors (Lipinski definition) is 12. The largest absolute Gasteiger partial charge is 0.493 e. The number of carbonyl (C=O) groups is 3. The van der Waals surface area contributed by atoms with Gasteiger partial charge >= 0.3 is 0 Å². The number of aliphatic hydroxyl groups excluding tert-OH is 2. The first-order chi connectivity index (χ1) is 41.2. The summed E-state index contributed by atoms with van der Waals surface area (Å²) in [5.74, 6) is 2.09. The summed E-state index contributed by atoms with van der Waals surface area (Å²) >= 11 is 0. The van der Waals surface area contributed by atoms with Crippen molar-refractivity contribution in [2.75, 3.05) is 85.6 Å². The predicted molar refractivity (Wildman–Crippen MR) is 311 cm³/mol. The summed E-state index contributed by atoms with van der Waals surface area (Å²) in [6, 6.07) is 37.8. The maximum Gasteiger partial charge on any atom is 0.296 e. The molecule has 0 aromatic heterocycles. The lowest BCUT2D eigenvalue weighted by atomic mass is 9.81. The number of halogens is 4. The van der Waals surface area contributed by atoms with Crippen LogP contribution < -0.4 is 19.5 Å². The van der Waals surface area contributed by atoms with Crippen molar-refractivity contribution in [3.05, 3.63) is 191 Å². The van der Waals surface area contributed by atoms with E-state index in [-0.39, 0.29) is 96.2 Å². The number of nitrogens with one attached hydrogen (secondary N) is 1. The van der Waals surface area contributed by atoms with Crippen LogP contribution in [0.3, 0.4) is 0 Å². The summed E-state index contributed by atoms with van der Waals surface area (Å²) in [5.41, 5.74) is 5.13. The van der Waals surface area contributed by atoms with Gasteiger partial charge in [-0.1, -0.05) is 66.2 Å². The molecule has 3 N–H and O–H groups in total. The molecule has 0 aliphatic carbocycles. The summed E-state index contributed by atoms with van der Waals surface area (Å²) in [7, 11) is -3.88. The Labute approximate surface area is 494 Å². The van der Waals surface area contributed by atoms with Gasteiger partial charge in [0.1, 0.15) is 29.0 Å². The number of hydrogen-bond donors (Lipinski definition) is 3. The van der Waals surface area contributed by atoms with E-state index in [1.807, 2.05) is 49.4 Å². The summed E-state index contributed by atoms with van der Waals surface area (Å²) in [4.78, 5) is 38.2. The number of fused-ring (bicyclic) bond motifs is 1. The molecule has 3 amide bonds. The first-order valence-electron chi connectivity index (χ1n) is 28.7. The van der Waals surface area contributed by atoms with Crippen LogP contribution in [0.25, 0.3) is 0 Å². The molecule has 4 fully saturated rings. The van der Waals surface area contributed by atoms with Gasteiger partial charge in [0.2, 0.25) is 26.0 Å². The summed E-state index contributed by atoms with van der Waals surface area (Å²) in [6.45, 7) is 8.14. The molecule has 8 atom stereocenters. The zero-order chi connectivity index (χ0) is 60.3. The molecular weight excluding hydrogens is 1120 g/mol. The Hall–Kier alpha value is -7.36. The summed E-state index contributed by atoms with van der Waals surface area (Å²) in [5, 5.41) is 21.9. The minimum atomic E-state index is -3.88. The van der Waals surface area contributed by atoms with Crippen LogP contribution in [0, 0.1) is 53.9 Å². The average Bonchev–Trinajstić information content (AvgIpc) is 4.18. The number of carbonyl (C=O) groups excluding carboxylic acids is 3. The van der Waals surface area contributed by atoms with Crippen molar-refractivity contribution in [3.8, 4) is 17.2 Å². The molecule has 20 heteroatoms. The lowest BCUT2D eigenvalue weighted by molar-refractivity contribution is -0.121. The highest BCUT2D eigenvalue weighted by Gasteiger charge is 2.34. The van der Waals surface area contributed by atoms with Crippen LogP contribution in [0.5, 0.6) is 17.2 Å². The highest BCUT2D eigenvalue weighted by Crippen LogP contribution is 2.39. The Balaban J connectivity index is 0.000000152. The maximum absolute atomic E-state index is 13.2. The number of aryl methyl sites for hydroxylation is 1. The Morgan fingerprint density at radius 3 is 1.39 bits per heavy atom. The molecule has 0 saturated carbocycles. The van der Waals surface area contributed by atoms with Gasteiger partial charge in [0.15, 0.2) is 11.5 Å². The van der Waals surface area contributed by atoms with Crippen LogP contribution in [0.1, 0.15) is 77.2 Å². The smallest absolute Gasteiger partial charge is 0.296 e. The average molecular weight is 1200 g/mol. The molecule has 0 bridgehead atoms. The number of benzene rings is 6. The van der Waals surface area contributed by atoms with Crippen molar-refractivity contribution in [2.24, 2.45) is 23.7 Å². The first kappa shape index (κ1) is 63.7. The van der Waals surface area contributed by atoms with E-state index in [0.29, 0.717) is 75.5 Å². The van der Waals surface area contributed by atoms with Crippen LogP contribution >= 0.6 is 0 Å². The van der Waals surface area contributed by atoms with Crippen LogP contribution in [-0.4, -0.2) is 138 Å². The SMILES string of the molecule is Cc1ccc(S(=O)(=O)OCC2CN(C=O)CCC2c2ccc(F)cc2)cc1.O=CN1CCC(c2ccc(F)cc2)C(CO)C1.O=CN1CCC(c2ccc(F)cc2)C(COc2ccc3c(c2)OCO3)C1.OCC1CNCCC1c1ccc(F)cc1. The van der Waals surface area contributed by atoms with Crippen LogP contribution in [0.4, 0.5) is 17.6 Å². The molecule has 5 aliphatic rings. The Bertz CT molecular complexity index is 3170. The zero-order valence-corrected chi connectivity index (χ0v) is 48.3. The second kappa shape index (κ2) is 31.2. The Morgan fingerprint density at radius 1 is 0.529 bits per heavy atom. The number of rotatable bonds is 16. The normalized spacial score (nSPS) is 22.7. The van der Waals surface area contributed by atoms with Crippen molar-refractivity contribution >= 4 is 29.3 Å². The van der Waals surface area contributed by atoms with Crippen LogP contribution in [0.15, 0.2) is 144 Å². The summed E-state index contributed by atoms with van der Waals surface area (Å²) in [6.07, 6.45) is 5.80. The highest BCUT2D eigenvalue weighted by molar-refractivity contribution is 7.86. The monoisotopic (exact) mass is 1190 g/mol. The number of ether oxygens (including phenoxy) is 3. The fourth-order valence-electron chi connectivity index (χ4n) is 11.8. The molecule has 454 valence electrons. The molecule has 6 aromatic carbocycles. The van der Waals surface area contributed by atoms with E-state index in [9.17, 15) is 50.6 Å². The third kappa shape index (κ3) is 17.9. The van der Waals surface area contributed by atoms with E-state index in [1.54, 1.807) is 51.1 Å². The molecule has 85 heavy (non-hydrogen) atoms. The highest BCUT2D eigenvalue weighted by atomic mass is 32.2. The number of likely N-dealkylation sites (tertiary alicyclic amines) is 3. The molecule has 6 aromatic rings. The van der Waals surface area contributed by atoms with E-state index in [0.717, 1.165) is 79.4 Å². The number of piperidine rings is 4. The standard InChI is InChI=1S/C20H22FNO4S.C20H20FNO4.C13H16FNO2.C12H16FNO/c1-15-2-8-19(9-3-15)27(24,25)26-13-17-12-22(14-23)11-10-20(17)16-4-6-18(21)7-5-16;21-16-3-1-14(2-4-16)18-7-8-22(12-23)10-15(18)11-24-17-5-6-19-20(9-17)26-13-25-19;14-12-3-1-10(2-4-12)13-5-6-15(9-17)7-11(13)8-16;13-11-3-1-9(2-4-11)12-5-6-14-7-10(12)8-15/h2-9,14,17,20H,10-13H2,1H3;1-6,9,12,15,18H,7-8,10-11,13H2;1-4,9,11,13,16H,5-8H2;1-4,10,12,14-15H,5-8H2. The van der Waals surface area contributed by atoms with Crippen molar-refractivity contribution in [3.63, 3.8) is 0 Å². The Morgan fingerprint density at radius 2 is 0.941 bits per heavy atom. The van der Waals surface area contributed by atoms with Gasteiger partial charge in [-0.3, -0.25) is 18.6 Å². The van der Waals surface area contributed by atoms with Gasteiger partial charge in [-0.15, -0.1) is 0 Å². The molecule has 11 rings (SSSR count). The van der Waals surface area contributed by atoms with Crippen molar-refractivity contribution in [2.45, 2.75) is 61.2 Å². The van der Waals surface area contributed by atoms with Gasteiger partial charge in [0.05, 0.1) is 18.1 Å². The van der Waals surface area contributed by atoms with Gasteiger partial charge in [-0.25, -0.2) is 17.6 Å². The van der Waals surface area contributed by atoms with Gasteiger partial charge in [0.25, 0.3) is 10.1 Å². The van der Waals surface area contributed by atoms with E-state index in [4.69, 9.17) is 18.4 Å². The van der Waals surface area contributed by atoms with E-state index >= 15 is 0 Å². The van der Waals surface area contributed by atoms with E-state index in [2.05, 4.69) is 5.32 Å². The van der Waals surface area contributed by atoms with Crippen molar-refractivity contribution in [1.82, 2.24) is 20.0 Å². The fourth-order valence-corrected chi connectivity index (χ4v) is 12.8. The first-order valence-corrected chi connectivity index (χ1v) is 30.1. The van der Waals surface area contributed by atoms with Crippen molar-refractivity contribution < 1.29 is 69.0 Å². The predicted octanol–water partition coefficient (Wildman–Crippen LogP) is 9.19. The topological polar surface area (TPSA) is 184 Å². The molecule has 5 heterocycles. The fraction of sp³-hybridized carbons (Fsp3) is 0.400. The molecule has 5 aliphatic heterocycles. The summed E-state index contributed by atoms with van der Waals surface area (Å²) < 4.78 is 99.0. The van der Waals surface area contributed by atoms with Crippen LogP contribution in [-0.2, 0) is 28.7 Å². The van der Waals surface area contributed by atoms with E-state index in [1.165, 1.54) is 60.7 Å². The second-order valence-corrected chi connectivity index (χ2v) is 23.7. The van der Waals surface area contributed by atoms with E-state index < -0.39 is 10.1 Å². The lowest BCUT2D eigenvalue weighted by Crippen LogP contribution is -2.41.